The number of hydrogen-bond acceptors (Lipinski definition) is 1. The molecule has 0 aliphatic carbocycles. The van der Waals surface area contributed by atoms with Gasteiger partial charge in [-0.1, -0.05) is 191 Å². The minimum atomic E-state index is -0.331. The van der Waals surface area contributed by atoms with Crippen LogP contribution in [0.1, 0.15) is 0 Å². The molecule has 0 amide bonds. The van der Waals surface area contributed by atoms with Crippen LogP contribution in [0.3, 0.4) is 0 Å². The highest BCUT2D eigenvalue weighted by atomic mass is 79.9. The second-order valence-corrected chi connectivity index (χ2v) is 22.9. The molecule has 0 spiro atoms. The molecule has 0 saturated carbocycles. The van der Waals surface area contributed by atoms with Crippen molar-refractivity contribution in [2.75, 3.05) is 13.2 Å². The fourth-order valence-corrected chi connectivity index (χ4v) is 17.8. The Morgan fingerprint density at radius 3 is 0.739 bits per heavy atom. The minimum absolute atomic E-state index is 0.000567. The smallest absolute Gasteiger partial charge is 0.0814 e. The van der Waals surface area contributed by atoms with Crippen molar-refractivity contribution in [3.63, 3.8) is 0 Å². The van der Waals surface area contributed by atoms with E-state index < -0.39 is 0 Å². The van der Waals surface area contributed by atoms with E-state index in [0.717, 1.165) is 0 Å². The SMILES string of the molecule is BrC(Br)C(COCC(C(Br)Br)(C(Br)Br)C(Br)Br)(C(Br)Br)C(Br)Br. The van der Waals surface area contributed by atoms with Crippen LogP contribution in [0, 0.1) is 10.8 Å². The molecule has 0 rings (SSSR count). The van der Waals surface area contributed by atoms with Gasteiger partial charge in [0.05, 0.1) is 46.5 Å². The summed E-state index contributed by atoms with van der Waals surface area (Å²) < 4.78 is 6.18. The van der Waals surface area contributed by atoms with Crippen molar-refractivity contribution in [3.05, 3.63) is 0 Å². The molecular formula is C10H10Br12O. The number of ether oxygens (including phenoxy) is 1. The Bertz CT molecular complexity index is 269. The summed E-state index contributed by atoms with van der Waals surface area (Å²) in [6.45, 7) is 0.953. The van der Waals surface area contributed by atoms with Gasteiger partial charge in [0.2, 0.25) is 0 Å². The van der Waals surface area contributed by atoms with Gasteiger partial charge in [-0.05, 0) is 0 Å². The number of rotatable bonds is 10. The lowest BCUT2D eigenvalue weighted by Crippen LogP contribution is -2.48. The van der Waals surface area contributed by atoms with E-state index in [1.165, 1.54) is 0 Å². The molecule has 13 heteroatoms. The number of hydrogen-bond donors (Lipinski definition) is 0. The summed E-state index contributed by atoms with van der Waals surface area (Å²) in [7, 11) is 0. The first-order chi connectivity index (χ1) is 10.4. The topological polar surface area (TPSA) is 9.23 Å². The van der Waals surface area contributed by atoms with Crippen molar-refractivity contribution in [2.45, 2.75) is 22.4 Å². The average molecular weight is 1110 g/mol. The number of alkyl halides is 12. The largest absolute Gasteiger partial charge is 0.380 e. The Hall–Kier alpha value is 5.72. The third kappa shape index (κ3) is 7.42. The second-order valence-electron chi connectivity index (χ2n) is 4.52. The van der Waals surface area contributed by atoms with E-state index >= 15 is 0 Å². The third-order valence-corrected chi connectivity index (χ3v) is 13.4. The first-order valence-corrected chi connectivity index (χ1v) is 16.6. The van der Waals surface area contributed by atoms with E-state index in [1.807, 2.05) is 0 Å². The molecule has 0 fully saturated rings. The Morgan fingerprint density at radius 1 is 0.435 bits per heavy atom. The first kappa shape index (κ1) is 28.7. The highest BCUT2D eigenvalue weighted by Crippen LogP contribution is 2.52. The summed E-state index contributed by atoms with van der Waals surface area (Å²) in [5.41, 5.74) is -0.662. The molecule has 0 N–H and O–H groups in total. The van der Waals surface area contributed by atoms with Crippen LogP contribution in [-0.4, -0.2) is 35.6 Å². The summed E-state index contributed by atoms with van der Waals surface area (Å²) >= 11 is 43.5. The van der Waals surface area contributed by atoms with Crippen LogP contribution in [0.15, 0.2) is 0 Å². The molecule has 0 saturated heterocycles. The summed E-state index contributed by atoms with van der Waals surface area (Å²) in [5, 5.41) is 0. The maximum Gasteiger partial charge on any atom is 0.0814 e. The lowest BCUT2D eigenvalue weighted by Gasteiger charge is -2.42. The van der Waals surface area contributed by atoms with Gasteiger partial charge in [0.1, 0.15) is 0 Å². The zero-order valence-electron chi connectivity index (χ0n) is 10.8. The van der Waals surface area contributed by atoms with Gasteiger partial charge in [-0.2, -0.15) is 0 Å². The first-order valence-electron chi connectivity index (χ1n) is 5.64. The van der Waals surface area contributed by atoms with Gasteiger partial charge in [-0.25, -0.2) is 0 Å². The normalized spacial score (nSPS) is 14.3. The van der Waals surface area contributed by atoms with Crippen LogP contribution >= 0.6 is 191 Å². The van der Waals surface area contributed by atoms with Gasteiger partial charge in [-0.3, -0.25) is 0 Å². The molecular weight excluding hydrogens is 1090 g/mol. The van der Waals surface area contributed by atoms with Crippen LogP contribution in [-0.2, 0) is 4.74 Å². The molecule has 0 aromatic carbocycles. The van der Waals surface area contributed by atoms with Crippen molar-refractivity contribution in [1.82, 2.24) is 0 Å². The Kier molecular flexibility index (Phi) is 16.5. The predicted octanol–water partition coefficient (Wildman–Crippen LogP) is 9.67. The molecule has 0 bridgehead atoms. The molecule has 0 aliphatic heterocycles. The van der Waals surface area contributed by atoms with E-state index in [9.17, 15) is 0 Å². The van der Waals surface area contributed by atoms with Crippen molar-refractivity contribution in [2.24, 2.45) is 10.8 Å². The summed E-state index contributed by atoms with van der Waals surface area (Å²) in [5.74, 6) is 0. The van der Waals surface area contributed by atoms with Crippen LogP contribution in [0.2, 0.25) is 0 Å². The molecule has 1 nitrogen and oxygen atoms in total. The summed E-state index contributed by atoms with van der Waals surface area (Å²) in [6.07, 6.45) is 0. The molecule has 140 valence electrons. The van der Waals surface area contributed by atoms with Crippen molar-refractivity contribution >= 4 is 191 Å². The molecule has 0 atom stereocenters. The van der Waals surface area contributed by atoms with Gasteiger partial charge in [0, 0.05) is 0 Å². The molecule has 0 radical (unpaired) electrons. The lowest BCUT2D eigenvalue weighted by atomic mass is 9.96. The molecule has 0 aromatic heterocycles. The van der Waals surface area contributed by atoms with Gasteiger partial charge in [0.25, 0.3) is 0 Å². The minimum Gasteiger partial charge on any atom is -0.380 e. The van der Waals surface area contributed by atoms with E-state index in [0.29, 0.717) is 13.2 Å². The van der Waals surface area contributed by atoms with Gasteiger partial charge < -0.3 is 4.74 Å². The third-order valence-electron chi connectivity index (χ3n) is 3.14. The highest BCUT2D eigenvalue weighted by Gasteiger charge is 2.50. The highest BCUT2D eigenvalue weighted by molar-refractivity contribution is 9.27. The van der Waals surface area contributed by atoms with Crippen LogP contribution in [0.5, 0.6) is 0 Å². The van der Waals surface area contributed by atoms with Crippen LogP contribution < -0.4 is 0 Å². The summed E-state index contributed by atoms with van der Waals surface area (Å²) in [4.78, 5) is 0. The van der Waals surface area contributed by atoms with Gasteiger partial charge >= 0.3 is 0 Å². The van der Waals surface area contributed by atoms with Crippen molar-refractivity contribution in [3.8, 4) is 0 Å². The van der Waals surface area contributed by atoms with Crippen LogP contribution in [0.4, 0.5) is 0 Å². The molecule has 0 aromatic rings. The average Bonchev–Trinajstić information content (AvgIpc) is 2.35. The molecule has 0 unspecified atom stereocenters. The monoisotopic (exact) mass is 1090 g/mol. The standard InChI is InChI=1S/C10H10Br12O/c11-3(12)9(4(13)14,5(15)16)1-23-2-10(6(17)18,7(19)20)8(21)22/h3-8H,1-2H2. The zero-order valence-corrected chi connectivity index (χ0v) is 29.9. The molecule has 0 aliphatic rings. The Balaban J connectivity index is 5.33. The van der Waals surface area contributed by atoms with Gasteiger partial charge in [0.15, 0.2) is 0 Å². The van der Waals surface area contributed by atoms with Crippen LogP contribution in [0.25, 0.3) is 0 Å². The van der Waals surface area contributed by atoms with Gasteiger partial charge in [-0.15, -0.1) is 0 Å². The van der Waals surface area contributed by atoms with Crippen molar-refractivity contribution < 1.29 is 4.74 Å². The number of halogens is 12. The fraction of sp³-hybridized carbons (Fsp3) is 1.00. The summed E-state index contributed by atoms with van der Waals surface area (Å²) in [6, 6.07) is 0. The zero-order chi connectivity index (χ0) is 18.6. The lowest BCUT2D eigenvalue weighted by molar-refractivity contribution is 0.0278. The predicted molar refractivity (Wildman–Crippen MR) is 146 cm³/mol. The maximum atomic E-state index is 6.17. The van der Waals surface area contributed by atoms with E-state index in [1.54, 1.807) is 0 Å². The quantitative estimate of drug-likeness (QED) is 0.198. The van der Waals surface area contributed by atoms with Crippen molar-refractivity contribution in [1.29, 1.82) is 0 Å². The fourth-order valence-electron chi connectivity index (χ4n) is 1.35. The van der Waals surface area contributed by atoms with E-state index in [-0.39, 0.29) is 33.2 Å². The van der Waals surface area contributed by atoms with E-state index in [2.05, 4.69) is 191 Å². The van der Waals surface area contributed by atoms with E-state index in [4.69, 9.17) is 4.74 Å². The molecule has 0 heterocycles. The molecule has 23 heavy (non-hydrogen) atoms. The Morgan fingerprint density at radius 2 is 0.609 bits per heavy atom. The second kappa shape index (κ2) is 13.2. The maximum absolute atomic E-state index is 6.17. The Labute approximate surface area is 238 Å².